The van der Waals surface area contributed by atoms with Crippen LogP contribution in [0.25, 0.3) is 0 Å². The van der Waals surface area contributed by atoms with Gasteiger partial charge in [0.05, 0.1) is 0 Å². The predicted octanol–water partition coefficient (Wildman–Crippen LogP) is 3.05. The number of thioether (sulfide) groups is 1. The monoisotopic (exact) mass is 201 g/mol. The third kappa shape index (κ3) is 5.58. The first-order valence-electron chi connectivity index (χ1n) is 5.74. The molecule has 1 N–H and O–H groups in total. The first-order chi connectivity index (χ1) is 6.43. The van der Waals surface area contributed by atoms with Gasteiger partial charge in [0, 0.05) is 6.04 Å². The molecule has 0 aromatic heterocycles. The minimum Gasteiger partial charge on any atom is -0.314 e. The van der Waals surface area contributed by atoms with Crippen molar-refractivity contribution in [3.05, 3.63) is 0 Å². The lowest BCUT2D eigenvalue weighted by Crippen LogP contribution is -2.27. The first kappa shape index (κ1) is 11.4. The van der Waals surface area contributed by atoms with E-state index in [1.165, 1.54) is 56.6 Å². The van der Waals surface area contributed by atoms with Crippen molar-refractivity contribution in [3.8, 4) is 0 Å². The Morgan fingerprint density at radius 2 is 2.00 bits per heavy atom. The smallest absolute Gasteiger partial charge is 0.00670 e. The van der Waals surface area contributed by atoms with Crippen molar-refractivity contribution in [2.24, 2.45) is 0 Å². The molecule has 0 heterocycles. The molecule has 0 saturated heterocycles. The average Bonchev–Trinajstić information content (AvgIpc) is 2.63. The van der Waals surface area contributed by atoms with Crippen molar-refractivity contribution in [2.75, 3.05) is 18.1 Å². The molecule has 1 fully saturated rings. The van der Waals surface area contributed by atoms with E-state index in [0.717, 1.165) is 6.04 Å². The van der Waals surface area contributed by atoms with Crippen LogP contribution in [0.2, 0.25) is 0 Å². The maximum Gasteiger partial charge on any atom is 0.00670 e. The molecule has 0 atom stereocenters. The van der Waals surface area contributed by atoms with Crippen LogP contribution in [0.15, 0.2) is 0 Å². The highest BCUT2D eigenvalue weighted by Gasteiger charge is 2.12. The van der Waals surface area contributed by atoms with E-state index < -0.39 is 0 Å². The van der Waals surface area contributed by atoms with E-state index in [1.807, 2.05) is 0 Å². The van der Waals surface area contributed by atoms with Crippen molar-refractivity contribution < 1.29 is 0 Å². The maximum atomic E-state index is 3.65. The number of hydrogen-bond acceptors (Lipinski definition) is 2. The van der Waals surface area contributed by atoms with Crippen LogP contribution in [-0.2, 0) is 0 Å². The van der Waals surface area contributed by atoms with Gasteiger partial charge in [0.2, 0.25) is 0 Å². The van der Waals surface area contributed by atoms with Crippen molar-refractivity contribution in [1.29, 1.82) is 0 Å². The predicted molar refractivity (Wildman–Crippen MR) is 62.5 cm³/mol. The second-order valence-corrected chi connectivity index (χ2v) is 5.13. The molecule has 0 aromatic rings. The molecule has 2 heteroatoms. The lowest BCUT2D eigenvalue weighted by Gasteiger charge is -2.10. The number of rotatable bonds is 7. The van der Waals surface area contributed by atoms with Crippen LogP contribution in [0.1, 0.15) is 45.4 Å². The minimum absolute atomic E-state index is 0.858. The first-order valence-corrected chi connectivity index (χ1v) is 6.90. The summed E-state index contributed by atoms with van der Waals surface area (Å²) in [5.41, 5.74) is 0. The highest BCUT2D eigenvalue weighted by molar-refractivity contribution is 7.99. The molecule has 0 spiro atoms. The largest absolute Gasteiger partial charge is 0.314 e. The summed E-state index contributed by atoms with van der Waals surface area (Å²) in [6.07, 6.45) is 8.40. The zero-order chi connectivity index (χ0) is 9.36. The molecule has 13 heavy (non-hydrogen) atoms. The molecule has 0 amide bonds. The summed E-state index contributed by atoms with van der Waals surface area (Å²) in [4.78, 5) is 0. The van der Waals surface area contributed by atoms with Crippen LogP contribution >= 0.6 is 11.8 Å². The molecule has 1 nitrogen and oxygen atoms in total. The highest BCUT2D eigenvalue weighted by Crippen LogP contribution is 2.17. The highest BCUT2D eigenvalue weighted by atomic mass is 32.2. The van der Waals surface area contributed by atoms with E-state index in [4.69, 9.17) is 0 Å². The second-order valence-electron chi connectivity index (χ2n) is 3.90. The summed E-state index contributed by atoms with van der Waals surface area (Å²) in [5, 5.41) is 3.65. The van der Waals surface area contributed by atoms with Crippen LogP contribution in [0.4, 0.5) is 0 Å². The molecule has 1 aliphatic carbocycles. The summed E-state index contributed by atoms with van der Waals surface area (Å²) in [7, 11) is 0. The Balaban J connectivity index is 1.78. The van der Waals surface area contributed by atoms with Gasteiger partial charge in [-0.15, -0.1) is 0 Å². The van der Waals surface area contributed by atoms with Crippen LogP contribution in [0, 0.1) is 0 Å². The lowest BCUT2D eigenvalue weighted by molar-refractivity contribution is 0.525. The third-order valence-corrected chi connectivity index (χ3v) is 3.88. The second kappa shape index (κ2) is 7.69. The Bertz CT molecular complexity index is 111. The van der Waals surface area contributed by atoms with Crippen LogP contribution in [-0.4, -0.2) is 24.1 Å². The van der Waals surface area contributed by atoms with E-state index in [9.17, 15) is 0 Å². The van der Waals surface area contributed by atoms with Crippen molar-refractivity contribution >= 4 is 11.8 Å². The van der Waals surface area contributed by atoms with E-state index in [1.54, 1.807) is 0 Å². The topological polar surface area (TPSA) is 12.0 Å². The van der Waals surface area contributed by atoms with Crippen LogP contribution < -0.4 is 5.32 Å². The van der Waals surface area contributed by atoms with Crippen molar-refractivity contribution in [3.63, 3.8) is 0 Å². The van der Waals surface area contributed by atoms with Gasteiger partial charge >= 0.3 is 0 Å². The fourth-order valence-corrected chi connectivity index (χ4v) is 2.70. The van der Waals surface area contributed by atoms with Gasteiger partial charge in [0.15, 0.2) is 0 Å². The number of nitrogens with one attached hydrogen (secondary N) is 1. The third-order valence-electron chi connectivity index (χ3n) is 2.60. The van der Waals surface area contributed by atoms with Gasteiger partial charge in [-0.2, -0.15) is 11.8 Å². The standard InChI is InChI=1S/C11H23NS/c1-2-9-13-10-5-8-12-11-6-3-4-7-11/h11-12H,2-10H2,1H3. The molecule has 0 aliphatic heterocycles. The Morgan fingerprint density at radius 3 is 2.69 bits per heavy atom. The molecule has 1 rings (SSSR count). The summed E-state index contributed by atoms with van der Waals surface area (Å²) >= 11 is 2.10. The summed E-state index contributed by atoms with van der Waals surface area (Å²) < 4.78 is 0. The molecule has 1 saturated carbocycles. The molecule has 1 aliphatic rings. The van der Waals surface area contributed by atoms with E-state index in [2.05, 4.69) is 24.0 Å². The van der Waals surface area contributed by atoms with E-state index in [-0.39, 0.29) is 0 Å². The zero-order valence-corrected chi connectivity index (χ0v) is 9.67. The average molecular weight is 201 g/mol. The van der Waals surface area contributed by atoms with Gasteiger partial charge < -0.3 is 5.32 Å². The number of hydrogen-bond donors (Lipinski definition) is 1. The summed E-state index contributed by atoms with van der Waals surface area (Å²) in [5.74, 6) is 2.68. The Morgan fingerprint density at radius 1 is 1.23 bits per heavy atom. The van der Waals surface area contributed by atoms with Crippen LogP contribution in [0.3, 0.4) is 0 Å². The fraction of sp³-hybridized carbons (Fsp3) is 1.00. The van der Waals surface area contributed by atoms with Gasteiger partial charge in [-0.1, -0.05) is 19.8 Å². The molecular weight excluding hydrogens is 178 g/mol. The van der Waals surface area contributed by atoms with Crippen LogP contribution in [0.5, 0.6) is 0 Å². The molecule has 0 unspecified atom stereocenters. The van der Waals surface area contributed by atoms with Gasteiger partial charge in [0.25, 0.3) is 0 Å². The Labute approximate surface area is 87.1 Å². The molecule has 0 radical (unpaired) electrons. The van der Waals surface area contributed by atoms with Gasteiger partial charge in [-0.05, 0) is 43.7 Å². The minimum atomic E-state index is 0.858. The molecule has 0 aromatic carbocycles. The zero-order valence-electron chi connectivity index (χ0n) is 8.85. The van der Waals surface area contributed by atoms with E-state index >= 15 is 0 Å². The molecule has 78 valence electrons. The van der Waals surface area contributed by atoms with Gasteiger partial charge in [-0.25, -0.2) is 0 Å². The molecule has 0 bridgehead atoms. The summed E-state index contributed by atoms with van der Waals surface area (Å²) in [6.45, 7) is 3.49. The maximum absolute atomic E-state index is 3.65. The Kier molecular flexibility index (Phi) is 6.73. The lowest BCUT2D eigenvalue weighted by atomic mass is 10.2. The Hall–Kier alpha value is 0.310. The quantitative estimate of drug-likeness (QED) is 0.635. The van der Waals surface area contributed by atoms with Crippen molar-refractivity contribution in [2.45, 2.75) is 51.5 Å². The molecular formula is C11H23NS. The van der Waals surface area contributed by atoms with E-state index in [0.29, 0.717) is 0 Å². The normalized spacial score (nSPS) is 18.2. The van der Waals surface area contributed by atoms with Crippen molar-refractivity contribution in [1.82, 2.24) is 5.32 Å². The van der Waals surface area contributed by atoms with Gasteiger partial charge in [0.1, 0.15) is 0 Å². The summed E-state index contributed by atoms with van der Waals surface area (Å²) in [6, 6.07) is 0.858. The SMILES string of the molecule is CCCSCCCNC1CCCC1. The van der Waals surface area contributed by atoms with Gasteiger partial charge in [-0.3, -0.25) is 0 Å². The fourth-order valence-electron chi connectivity index (χ4n) is 1.86.